The van der Waals surface area contributed by atoms with Gasteiger partial charge in [-0.2, -0.15) is 0 Å². The fourth-order valence-electron chi connectivity index (χ4n) is 2.08. The molecule has 0 saturated carbocycles. The standard InChI is InChI=1S/C10H15NO4/c12-9(7-2-1-5-15-6-7)11-4-3-8(11)10(13)14/h7-8H,1-6H2,(H,13,14). The maximum Gasteiger partial charge on any atom is 0.326 e. The molecule has 2 fully saturated rings. The summed E-state index contributed by atoms with van der Waals surface area (Å²) >= 11 is 0. The van der Waals surface area contributed by atoms with Gasteiger partial charge >= 0.3 is 5.97 Å². The molecule has 5 nitrogen and oxygen atoms in total. The van der Waals surface area contributed by atoms with Crippen molar-refractivity contribution >= 4 is 11.9 Å². The number of nitrogens with zero attached hydrogens (tertiary/aromatic N) is 1. The number of carbonyl (C=O) groups excluding carboxylic acids is 1. The molecule has 2 aliphatic heterocycles. The van der Waals surface area contributed by atoms with Crippen LogP contribution in [0, 0.1) is 5.92 Å². The quantitative estimate of drug-likeness (QED) is 0.706. The Morgan fingerprint density at radius 3 is 2.60 bits per heavy atom. The molecule has 0 aromatic carbocycles. The summed E-state index contributed by atoms with van der Waals surface area (Å²) in [5.41, 5.74) is 0. The van der Waals surface area contributed by atoms with Crippen LogP contribution in [-0.4, -0.2) is 47.7 Å². The van der Waals surface area contributed by atoms with Gasteiger partial charge in [-0.15, -0.1) is 0 Å². The van der Waals surface area contributed by atoms with Crippen molar-refractivity contribution in [1.82, 2.24) is 4.90 Å². The van der Waals surface area contributed by atoms with E-state index in [0.29, 0.717) is 26.2 Å². The lowest BCUT2D eigenvalue weighted by molar-refractivity contribution is -0.161. The largest absolute Gasteiger partial charge is 0.480 e. The Labute approximate surface area is 88.0 Å². The van der Waals surface area contributed by atoms with E-state index in [-0.39, 0.29) is 11.8 Å². The molecule has 2 atom stereocenters. The summed E-state index contributed by atoms with van der Waals surface area (Å²) in [7, 11) is 0. The second kappa shape index (κ2) is 4.18. The fraction of sp³-hybridized carbons (Fsp3) is 0.800. The molecule has 1 amide bonds. The molecular weight excluding hydrogens is 198 g/mol. The molecule has 0 radical (unpaired) electrons. The second-order valence-electron chi connectivity index (χ2n) is 4.09. The molecule has 2 aliphatic rings. The van der Waals surface area contributed by atoms with Gasteiger partial charge in [-0.25, -0.2) is 4.79 Å². The van der Waals surface area contributed by atoms with E-state index in [0.717, 1.165) is 12.8 Å². The number of likely N-dealkylation sites (tertiary alicyclic amines) is 1. The smallest absolute Gasteiger partial charge is 0.326 e. The molecule has 5 heteroatoms. The number of amides is 1. The Morgan fingerprint density at radius 1 is 1.33 bits per heavy atom. The highest BCUT2D eigenvalue weighted by Crippen LogP contribution is 2.24. The third-order valence-electron chi connectivity index (χ3n) is 3.10. The minimum Gasteiger partial charge on any atom is -0.480 e. The van der Waals surface area contributed by atoms with E-state index in [1.54, 1.807) is 0 Å². The molecule has 1 N–H and O–H groups in total. The number of carboxylic acid groups (broad SMARTS) is 1. The topological polar surface area (TPSA) is 66.8 Å². The van der Waals surface area contributed by atoms with E-state index < -0.39 is 12.0 Å². The van der Waals surface area contributed by atoms with Gasteiger partial charge in [0, 0.05) is 13.2 Å². The molecule has 2 saturated heterocycles. The van der Waals surface area contributed by atoms with Crippen molar-refractivity contribution in [2.24, 2.45) is 5.92 Å². The molecule has 0 aliphatic carbocycles. The molecule has 2 rings (SSSR count). The zero-order valence-corrected chi connectivity index (χ0v) is 8.52. The van der Waals surface area contributed by atoms with Crippen LogP contribution in [0.5, 0.6) is 0 Å². The average molecular weight is 213 g/mol. The van der Waals surface area contributed by atoms with Gasteiger partial charge in [0.25, 0.3) is 0 Å². The average Bonchev–Trinajstić information content (AvgIpc) is 2.16. The highest BCUT2D eigenvalue weighted by molar-refractivity contribution is 5.86. The number of ether oxygens (including phenoxy) is 1. The van der Waals surface area contributed by atoms with E-state index in [4.69, 9.17) is 9.84 Å². The Bertz CT molecular complexity index is 273. The third-order valence-corrected chi connectivity index (χ3v) is 3.10. The van der Waals surface area contributed by atoms with E-state index in [1.807, 2.05) is 0 Å². The predicted molar refractivity (Wildman–Crippen MR) is 51.3 cm³/mol. The fourth-order valence-corrected chi connectivity index (χ4v) is 2.08. The second-order valence-corrected chi connectivity index (χ2v) is 4.09. The van der Waals surface area contributed by atoms with Crippen molar-refractivity contribution in [1.29, 1.82) is 0 Å². The van der Waals surface area contributed by atoms with Crippen LogP contribution in [0.4, 0.5) is 0 Å². The van der Waals surface area contributed by atoms with Crippen LogP contribution >= 0.6 is 0 Å². The molecular formula is C10H15NO4. The summed E-state index contributed by atoms with van der Waals surface area (Å²) < 4.78 is 5.22. The van der Waals surface area contributed by atoms with E-state index >= 15 is 0 Å². The van der Waals surface area contributed by atoms with Gasteiger partial charge in [0.15, 0.2) is 0 Å². The molecule has 0 spiro atoms. The first-order valence-corrected chi connectivity index (χ1v) is 5.31. The summed E-state index contributed by atoms with van der Waals surface area (Å²) in [6.07, 6.45) is 2.29. The van der Waals surface area contributed by atoms with Gasteiger partial charge in [0.2, 0.25) is 5.91 Å². The highest BCUT2D eigenvalue weighted by atomic mass is 16.5. The Kier molecular flexibility index (Phi) is 2.90. The zero-order valence-electron chi connectivity index (χ0n) is 8.52. The Balaban J connectivity index is 1.92. The summed E-state index contributed by atoms with van der Waals surface area (Å²) in [5, 5.41) is 8.83. The van der Waals surface area contributed by atoms with Crippen molar-refractivity contribution in [3.63, 3.8) is 0 Å². The maximum absolute atomic E-state index is 11.9. The van der Waals surface area contributed by atoms with Gasteiger partial charge in [0.1, 0.15) is 6.04 Å². The van der Waals surface area contributed by atoms with Crippen molar-refractivity contribution in [3.8, 4) is 0 Å². The number of rotatable bonds is 2. The summed E-state index contributed by atoms with van der Waals surface area (Å²) in [6.45, 7) is 1.74. The monoisotopic (exact) mass is 213 g/mol. The number of hydrogen-bond donors (Lipinski definition) is 1. The molecule has 2 unspecified atom stereocenters. The molecule has 0 bridgehead atoms. The SMILES string of the molecule is O=C(O)C1CCN1C(=O)C1CCCOC1. The Morgan fingerprint density at radius 2 is 2.13 bits per heavy atom. The van der Waals surface area contributed by atoms with Crippen molar-refractivity contribution in [2.75, 3.05) is 19.8 Å². The van der Waals surface area contributed by atoms with Gasteiger partial charge in [-0.05, 0) is 19.3 Å². The van der Waals surface area contributed by atoms with E-state index in [2.05, 4.69) is 0 Å². The lowest BCUT2D eigenvalue weighted by Gasteiger charge is -2.40. The number of carbonyl (C=O) groups is 2. The highest BCUT2D eigenvalue weighted by Gasteiger charge is 2.40. The van der Waals surface area contributed by atoms with Crippen molar-refractivity contribution in [2.45, 2.75) is 25.3 Å². The van der Waals surface area contributed by atoms with Gasteiger partial charge in [0.05, 0.1) is 12.5 Å². The first-order valence-electron chi connectivity index (χ1n) is 5.31. The molecule has 0 aromatic heterocycles. The van der Waals surface area contributed by atoms with Crippen LogP contribution in [-0.2, 0) is 14.3 Å². The van der Waals surface area contributed by atoms with Crippen LogP contribution in [0.2, 0.25) is 0 Å². The van der Waals surface area contributed by atoms with E-state index in [9.17, 15) is 9.59 Å². The lowest BCUT2D eigenvalue weighted by Crippen LogP contribution is -2.57. The molecule has 84 valence electrons. The Hall–Kier alpha value is -1.10. The van der Waals surface area contributed by atoms with Gasteiger partial charge in [-0.1, -0.05) is 0 Å². The predicted octanol–water partition coefficient (Wildman–Crippen LogP) is 0.0985. The van der Waals surface area contributed by atoms with Crippen LogP contribution in [0.3, 0.4) is 0 Å². The van der Waals surface area contributed by atoms with Crippen LogP contribution in [0.25, 0.3) is 0 Å². The maximum atomic E-state index is 11.9. The molecule has 15 heavy (non-hydrogen) atoms. The zero-order chi connectivity index (χ0) is 10.8. The third kappa shape index (κ3) is 1.97. The van der Waals surface area contributed by atoms with Crippen LogP contribution in [0.1, 0.15) is 19.3 Å². The minimum absolute atomic E-state index is 0.0478. The van der Waals surface area contributed by atoms with Crippen molar-refractivity contribution < 1.29 is 19.4 Å². The molecule has 0 aromatic rings. The lowest BCUT2D eigenvalue weighted by atomic mass is 9.95. The number of aliphatic carboxylic acids is 1. The van der Waals surface area contributed by atoms with Gasteiger partial charge in [-0.3, -0.25) is 4.79 Å². The summed E-state index contributed by atoms with van der Waals surface area (Å²) in [5.74, 6) is -1.07. The summed E-state index contributed by atoms with van der Waals surface area (Å²) in [6, 6.07) is -0.598. The van der Waals surface area contributed by atoms with Gasteiger partial charge < -0.3 is 14.7 Å². The minimum atomic E-state index is -0.897. The first-order chi connectivity index (χ1) is 7.20. The normalized spacial score (nSPS) is 30.8. The number of hydrogen-bond acceptors (Lipinski definition) is 3. The first kappa shape index (κ1) is 10.4. The molecule has 2 heterocycles. The van der Waals surface area contributed by atoms with Crippen LogP contribution < -0.4 is 0 Å². The van der Waals surface area contributed by atoms with Crippen LogP contribution in [0.15, 0.2) is 0 Å². The summed E-state index contributed by atoms with van der Waals surface area (Å²) in [4.78, 5) is 24.1. The number of carboxylic acids is 1. The van der Waals surface area contributed by atoms with Crippen molar-refractivity contribution in [3.05, 3.63) is 0 Å². The van der Waals surface area contributed by atoms with E-state index in [1.165, 1.54) is 4.90 Å².